The Morgan fingerprint density at radius 3 is 1.71 bits per heavy atom. The van der Waals surface area contributed by atoms with E-state index in [1.165, 1.54) is 0 Å². The minimum atomic E-state index is 0.0840. The zero-order valence-electron chi connectivity index (χ0n) is 13.6. The molecule has 3 aromatic rings. The molecule has 2 nitrogen and oxygen atoms in total. The fourth-order valence-electron chi connectivity index (χ4n) is 2.49. The van der Waals surface area contributed by atoms with Gasteiger partial charge in [-0.3, -0.25) is 4.79 Å². The van der Waals surface area contributed by atoms with Crippen LogP contribution in [0.15, 0.2) is 91.1 Å². The Hall–Kier alpha value is -3.13. The molecule has 0 aliphatic rings. The molecule has 0 heterocycles. The number of ketones is 1. The Kier molecular flexibility index (Phi) is 4.87. The first kappa shape index (κ1) is 15.8. The first-order valence-electron chi connectivity index (χ1n) is 7.92. The summed E-state index contributed by atoms with van der Waals surface area (Å²) in [7, 11) is 0. The van der Waals surface area contributed by atoms with Crippen LogP contribution in [0.2, 0.25) is 0 Å². The van der Waals surface area contributed by atoms with Gasteiger partial charge < -0.3 is 4.90 Å². The number of para-hydroxylation sites is 2. The largest absolute Gasteiger partial charge is 0.317 e. The van der Waals surface area contributed by atoms with Gasteiger partial charge in [0.2, 0.25) is 0 Å². The van der Waals surface area contributed by atoms with Crippen molar-refractivity contribution < 1.29 is 4.79 Å². The number of benzene rings is 3. The van der Waals surface area contributed by atoms with Crippen molar-refractivity contribution in [2.75, 3.05) is 4.90 Å². The highest BCUT2D eigenvalue weighted by molar-refractivity contribution is 5.94. The van der Waals surface area contributed by atoms with Crippen molar-refractivity contribution in [2.24, 2.45) is 0 Å². The zero-order chi connectivity index (χ0) is 16.8. The summed E-state index contributed by atoms with van der Waals surface area (Å²) in [5, 5.41) is 0. The molecule has 3 rings (SSSR count). The average Bonchev–Trinajstić information content (AvgIpc) is 2.64. The minimum absolute atomic E-state index is 0.0840. The van der Waals surface area contributed by atoms with Crippen LogP contribution in [-0.4, -0.2) is 5.78 Å². The lowest BCUT2D eigenvalue weighted by Gasteiger charge is -2.20. The van der Waals surface area contributed by atoms with Gasteiger partial charge in [0, 0.05) is 23.1 Å². The summed E-state index contributed by atoms with van der Waals surface area (Å²) in [5.74, 6) is 0.0840. The molecule has 0 saturated heterocycles. The summed E-state index contributed by atoms with van der Waals surface area (Å²) in [6, 6.07) is 28.1. The number of Topliss-reactive ketones (excluding diaryl/α,β-unsaturated/α-hetero) is 1. The summed E-state index contributed by atoms with van der Waals surface area (Å²) in [6.07, 6.45) is 4.09. The van der Waals surface area contributed by atoms with Gasteiger partial charge in [0.25, 0.3) is 0 Å². The van der Waals surface area contributed by atoms with Crippen LogP contribution in [0, 0.1) is 0 Å². The minimum Gasteiger partial charge on any atom is -0.317 e. The average molecular weight is 313 g/mol. The fourth-order valence-corrected chi connectivity index (χ4v) is 2.49. The second-order valence-electron chi connectivity index (χ2n) is 5.54. The molecule has 0 unspecified atom stereocenters. The molecular formula is C22H19NO. The van der Waals surface area contributed by atoms with Gasteiger partial charge in [-0.2, -0.15) is 0 Å². The van der Waals surface area contributed by atoms with Crippen LogP contribution in [0.4, 0.5) is 11.4 Å². The van der Waals surface area contributed by atoms with E-state index in [1.54, 1.807) is 6.92 Å². The molecule has 2 heteroatoms. The number of rotatable bonds is 5. The van der Waals surface area contributed by atoms with Crippen molar-refractivity contribution in [1.82, 2.24) is 0 Å². The molecular weight excluding hydrogens is 294 g/mol. The number of hydrogen-bond donors (Lipinski definition) is 0. The van der Waals surface area contributed by atoms with Gasteiger partial charge in [-0.05, 0) is 42.8 Å². The van der Waals surface area contributed by atoms with Crippen LogP contribution >= 0.6 is 0 Å². The van der Waals surface area contributed by atoms with Gasteiger partial charge in [-0.15, -0.1) is 0 Å². The molecule has 0 amide bonds. The molecule has 0 aromatic heterocycles. The van der Waals surface area contributed by atoms with Gasteiger partial charge in [-0.1, -0.05) is 60.7 Å². The lowest BCUT2D eigenvalue weighted by atomic mass is 10.1. The molecule has 0 saturated carbocycles. The monoisotopic (exact) mass is 313 g/mol. The first-order chi connectivity index (χ1) is 11.7. The van der Waals surface area contributed by atoms with E-state index < -0.39 is 0 Å². The Balaban J connectivity index is 1.90. The summed E-state index contributed by atoms with van der Waals surface area (Å²) in [5.41, 5.74) is 3.98. The number of carbonyl (C=O) groups is 1. The standard InChI is InChI=1S/C22H19NO/c1-18(24)20-14-12-19(13-15-20)16-17-23(21-8-4-2-5-9-21)22-10-6-3-7-11-22/h2-17H,1H3/b17-16+. The normalized spacial score (nSPS) is 10.7. The van der Waals surface area contributed by atoms with E-state index in [-0.39, 0.29) is 5.78 Å². The van der Waals surface area contributed by atoms with Gasteiger partial charge in [0.1, 0.15) is 0 Å². The number of hydrogen-bond acceptors (Lipinski definition) is 2. The Labute approximate surface area is 142 Å². The van der Waals surface area contributed by atoms with Gasteiger partial charge >= 0.3 is 0 Å². The van der Waals surface area contributed by atoms with Crippen LogP contribution in [0.3, 0.4) is 0 Å². The van der Waals surface area contributed by atoms with E-state index in [2.05, 4.69) is 29.2 Å². The van der Waals surface area contributed by atoms with Crippen LogP contribution in [0.25, 0.3) is 6.08 Å². The molecule has 0 bridgehead atoms. The van der Waals surface area contributed by atoms with E-state index in [0.29, 0.717) is 0 Å². The third kappa shape index (κ3) is 3.79. The van der Waals surface area contributed by atoms with Crippen LogP contribution in [0.5, 0.6) is 0 Å². The van der Waals surface area contributed by atoms with Crippen molar-refractivity contribution in [3.63, 3.8) is 0 Å². The second kappa shape index (κ2) is 7.42. The van der Waals surface area contributed by atoms with Crippen LogP contribution in [-0.2, 0) is 0 Å². The topological polar surface area (TPSA) is 20.3 Å². The number of anilines is 2. The number of nitrogens with zero attached hydrogens (tertiary/aromatic N) is 1. The second-order valence-corrected chi connectivity index (χ2v) is 5.54. The molecule has 24 heavy (non-hydrogen) atoms. The Morgan fingerprint density at radius 1 is 0.750 bits per heavy atom. The van der Waals surface area contributed by atoms with E-state index in [1.807, 2.05) is 72.9 Å². The van der Waals surface area contributed by atoms with Crippen LogP contribution < -0.4 is 4.90 Å². The molecule has 3 aromatic carbocycles. The molecule has 0 atom stereocenters. The van der Waals surface area contributed by atoms with Crippen molar-refractivity contribution in [3.05, 3.63) is 102 Å². The predicted molar refractivity (Wildman–Crippen MR) is 101 cm³/mol. The lowest BCUT2D eigenvalue weighted by Crippen LogP contribution is -2.07. The summed E-state index contributed by atoms with van der Waals surface area (Å²) in [4.78, 5) is 13.5. The van der Waals surface area contributed by atoms with Crippen molar-refractivity contribution in [2.45, 2.75) is 6.92 Å². The summed E-state index contributed by atoms with van der Waals surface area (Å²) in [6.45, 7) is 1.58. The third-order valence-corrected chi connectivity index (χ3v) is 3.80. The first-order valence-corrected chi connectivity index (χ1v) is 7.92. The maximum atomic E-state index is 11.4. The van der Waals surface area contributed by atoms with E-state index in [9.17, 15) is 4.79 Å². The van der Waals surface area contributed by atoms with Gasteiger partial charge in [-0.25, -0.2) is 0 Å². The van der Waals surface area contributed by atoms with Crippen molar-refractivity contribution in [1.29, 1.82) is 0 Å². The van der Waals surface area contributed by atoms with E-state index >= 15 is 0 Å². The van der Waals surface area contributed by atoms with Crippen LogP contribution in [0.1, 0.15) is 22.8 Å². The van der Waals surface area contributed by atoms with E-state index in [4.69, 9.17) is 0 Å². The molecule has 0 N–H and O–H groups in total. The maximum Gasteiger partial charge on any atom is 0.159 e. The maximum absolute atomic E-state index is 11.4. The molecule has 0 aliphatic carbocycles. The fraction of sp³-hybridized carbons (Fsp3) is 0.0455. The molecule has 0 radical (unpaired) electrons. The third-order valence-electron chi connectivity index (χ3n) is 3.80. The van der Waals surface area contributed by atoms with Gasteiger partial charge in [0.15, 0.2) is 5.78 Å². The van der Waals surface area contributed by atoms with Crippen molar-refractivity contribution in [3.8, 4) is 0 Å². The highest BCUT2D eigenvalue weighted by Gasteiger charge is 2.05. The zero-order valence-corrected chi connectivity index (χ0v) is 13.6. The Morgan fingerprint density at radius 2 is 1.25 bits per heavy atom. The molecule has 118 valence electrons. The van der Waals surface area contributed by atoms with Crippen molar-refractivity contribution >= 4 is 23.2 Å². The summed E-state index contributed by atoms with van der Waals surface area (Å²) < 4.78 is 0. The van der Waals surface area contributed by atoms with E-state index in [0.717, 1.165) is 22.5 Å². The quantitative estimate of drug-likeness (QED) is 0.563. The molecule has 0 fully saturated rings. The lowest BCUT2D eigenvalue weighted by molar-refractivity contribution is 0.101. The molecule has 0 spiro atoms. The summed E-state index contributed by atoms with van der Waals surface area (Å²) >= 11 is 0. The highest BCUT2D eigenvalue weighted by atomic mass is 16.1. The number of carbonyl (C=O) groups excluding carboxylic acids is 1. The SMILES string of the molecule is CC(=O)c1ccc(/C=C/N(c2ccccc2)c2ccccc2)cc1. The predicted octanol–water partition coefficient (Wildman–Crippen LogP) is 5.70. The van der Waals surface area contributed by atoms with Gasteiger partial charge in [0.05, 0.1) is 0 Å². The highest BCUT2D eigenvalue weighted by Crippen LogP contribution is 2.25. The Bertz CT molecular complexity index is 781. The molecule has 0 aliphatic heterocycles. The smallest absolute Gasteiger partial charge is 0.159 e.